The summed E-state index contributed by atoms with van der Waals surface area (Å²) in [4.78, 5) is 55.0. The predicted molar refractivity (Wildman–Crippen MR) is 169 cm³/mol. The molecule has 0 saturated carbocycles. The number of carboxylic acid groups (broad SMARTS) is 2. The highest BCUT2D eigenvalue weighted by Crippen LogP contribution is 2.68. The maximum absolute atomic E-state index is 13.4. The predicted octanol–water partition coefficient (Wildman–Crippen LogP) is 8.32. The second-order valence-corrected chi connectivity index (χ2v) is 14.5. The minimum absolute atomic E-state index is 0.0603. The van der Waals surface area contributed by atoms with Gasteiger partial charge >= 0.3 is 23.9 Å². The molecule has 0 aromatic heterocycles. The number of fused-ring (bicyclic) bond motifs is 2. The number of carbonyl (C=O) groups is 4. The number of benzene rings is 1. The van der Waals surface area contributed by atoms with Crippen molar-refractivity contribution in [1.29, 1.82) is 5.26 Å². The number of carboxylic acids is 2. The van der Waals surface area contributed by atoms with E-state index in [9.17, 15) is 34.7 Å². The molecule has 0 saturated heterocycles. The lowest BCUT2D eigenvalue weighted by Crippen LogP contribution is -2.22. The Balaban J connectivity index is 2.29. The third-order valence-corrected chi connectivity index (χ3v) is 12.1. The van der Waals surface area contributed by atoms with Gasteiger partial charge in [-0.15, -0.1) is 0 Å². The Morgan fingerprint density at radius 1 is 0.773 bits per heavy atom. The van der Waals surface area contributed by atoms with Gasteiger partial charge in [-0.25, -0.2) is 9.64 Å². The van der Waals surface area contributed by atoms with Crippen molar-refractivity contribution in [2.45, 2.75) is 98.6 Å². The van der Waals surface area contributed by atoms with Crippen molar-refractivity contribution in [1.82, 2.24) is 0 Å². The molecule has 14 heteroatoms. The number of rotatable bonds is 14. The molecule has 2 aliphatic rings. The van der Waals surface area contributed by atoms with Crippen molar-refractivity contribution in [3.05, 3.63) is 31.2 Å². The molecule has 0 aliphatic carbocycles. The summed E-state index contributed by atoms with van der Waals surface area (Å²) in [6.07, 6.45) is 5.62. The fraction of sp³-hybridized carbons (Fsp3) is 0.467. The number of carbonyl (C=O) groups excluding carboxylic acids is 2. The van der Waals surface area contributed by atoms with E-state index in [-0.39, 0.29) is 39.6 Å². The van der Waals surface area contributed by atoms with Crippen molar-refractivity contribution in [3.8, 4) is 17.6 Å². The Labute approximate surface area is 273 Å². The van der Waals surface area contributed by atoms with Gasteiger partial charge in [-0.1, -0.05) is 100 Å². The minimum atomic E-state index is -1.44. The number of thioether (sulfide) groups is 4. The van der Waals surface area contributed by atoms with Gasteiger partial charge in [0, 0.05) is 0 Å². The molecule has 0 fully saturated rings. The number of ether oxygens (including phenoxy) is 2. The van der Waals surface area contributed by atoms with Gasteiger partial charge in [0.05, 0.1) is 46.5 Å². The van der Waals surface area contributed by atoms with Crippen LogP contribution in [0.15, 0.2) is 39.3 Å². The molecular weight excluding hydrogens is 645 g/mol. The first-order valence-corrected chi connectivity index (χ1v) is 17.4. The number of unbranched alkanes of at least 4 members (excludes halogenated alkanes) is 2. The number of esters is 2. The Bertz CT molecular complexity index is 1350. The van der Waals surface area contributed by atoms with E-state index in [0.29, 0.717) is 25.7 Å². The van der Waals surface area contributed by atoms with Crippen LogP contribution in [0.1, 0.15) is 79.1 Å². The number of hydrogen-bond donors (Lipinski definition) is 2. The standard InChI is InChI=1S/C30H32N2O8S4/c1-6-10-12-15(8-3)27(37)39-19-21-22(42-29(41-21)17(14-31)25(33)34)20(40-28(38)16(9-4)13-11-7-2)24-23(19)43-30(44-24)18(32-5)26(35)36/h15-16H,6-13H2,1-4H3,(H,33,34)(H,35,36). The van der Waals surface area contributed by atoms with E-state index in [0.717, 1.165) is 72.7 Å². The monoisotopic (exact) mass is 676 g/mol. The van der Waals surface area contributed by atoms with Crippen LogP contribution in [0.4, 0.5) is 0 Å². The smallest absolute Gasteiger partial charge is 0.348 e. The Morgan fingerprint density at radius 3 is 1.48 bits per heavy atom. The fourth-order valence-corrected chi connectivity index (χ4v) is 9.71. The summed E-state index contributed by atoms with van der Waals surface area (Å²) in [5.74, 6) is -4.60. The molecule has 3 rings (SSSR count). The molecule has 0 bridgehead atoms. The van der Waals surface area contributed by atoms with Crippen LogP contribution in [0.5, 0.6) is 11.5 Å². The molecule has 234 valence electrons. The molecule has 10 nitrogen and oxygen atoms in total. The lowest BCUT2D eigenvalue weighted by Gasteiger charge is -2.20. The van der Waals surface area contributed by atoms with E-state index >= 15 is 0 Å². The quantitative estimate of drug-likeness (QED) is 0.0638. The Morgan fingerprint density at radius 2 is 1.18 bits per heavy atom. The summed E-state index contributed by atoms with van der Waals surface area (Å²) in [7, 11) is 0. The van der Waals surface area contributed by atoms with Crippen molar-refractivity contribution in [2.24, 2.45) is 11.8 Å². The maximum atomic E-state index is 13.4. The van der Waals surface area contributed by atoms with E-state index in [2.05, 4.69) is 4.85 Å². The van der Waals surface area contributed by atoms with Gasteiger partial charge in [-0.05, 0) is 25.7 Å². The number of nitriles is 1. The normalized spacial score (nSPS) is 14.5. The van der Waals surface area contributed by atoms with Crippen LogP contribution in [0.3, 0.4) is 0 Å². The topological polar surface area (TPSA) is 155 Å². The highest BCUT2D eigenvalue weighted by Gasteiger charge is 2.41. The van der Waals surface area contributed by atoms with E-state index in [1.54, 1.807) is 6.07 Å². The summed E-state index contributed by atoms with van der Waals surface area (Å²) < 4.78 is 12.3. The summed E-state index contributed by atoms with van der Waals surface area (Å²) in [5, 5.41) is 29.0. The van der Waals surface area contributed by atoms with Crippen molar-refractivity contribution >= 4 is 70.9 Å². The van der Waals surface area contributed by atoms with E-state index in [1.165, 1.54) is 0 Å². The first-order chi connectivity index (χ1) is 21.1. The third kappa shape index (κ3) is 7.78. The Kier molecular flexibility index (Phi) is 13.1. The molecule has 44 heavy (non-hydrogen) atoms. The molecule has 2 heterocycles. The van der Waals surface area contributed by atoms with Gasteiger partial charge in [-0.3, -0.25) is 14.4 Å². The zero-order chi connectivity index (χ0) is 32.6. The minimum Gasteiger partial charge on any atom is -0.486 e. The lowest BCUT2D eigenvalue weighted by atomic mass is 10.00. The first-order valence-electron chi connectivity index (χ1n) is 14.2. The van der Waals surface area contributed by atoms with Crippen LogP contribution in [0, 0.1) is 29.7 Å². The second-order valence-electron chi connectivity index (χ2n) is 9.85. The van der Waals surface area contributed by atoms with Gasteiger partial charge < -0.3 is 19.7 Å². The fourth-order valence-electron chi connectivity index (χ4n) is 4.39. The highest BCUT2D eigenvalue weighted by atomic mass is 32.2. The summed E-state index contributed by atoms with van der Waals surface area (Å²) in [6.45, 7) is 15.2. The highest BCUT2D eigenvalue weighted by molar-refractivity contribution is 8.26. The first kappa shape index (κ1) is 35.4. The second kappa shape index (κ2) is 16.3. The van der Waals surface area contributed by atoms with Crippen LogP contribution in [-0.4, -0.2) is 34.1 Å². The zero-order valence-electron chi connectivity index (χ0n) is 24.7. The zero-order valence-corrected chi connectivity index (χ0v) is 27.9. The van der Waals surface area contributed by atoms with Crippen LogP contribution >= 0.6 is 47.0 Å². The summed E-state index contributed by atoms with van der Waals surface area (Å²) in [6, 6.07) is 1.71. The largest absolute Gasteiger partial charge is 0.486 e. The van der Waals surface area contributed by atoms with E-state index in [1.807, 2.05) is 27.7 Å². The molecular formula is C30H32N2O8S4. The SMILES string of the molecule is [C-]#[N+]C(C(=O)O)=C1Sc2c(OC(=O)C(CC)CCCC)c3c(c(OC(=O)C(CC)CCCC)c2S1)SC(=C(C#N)C(=O)O)S3. The van der Waals surface area contributed by atoms with Crippen molar-refractivity contribution < 1.29 is 38.9 Å². The molecule has 2 atom stereocenters. The summed E-state index contributed by atoms with van der Waals surface area (Å²) >= 11 is 3.67. The number of aliphatic carboxylic acids is 2. The molecule has 0 radical (unpaired) electrons. The van der Waals surface area contributed by atoms with Crippen LogP contribution in [-0.2, 0) is 19.2 Å². The molecule has 1 aromatic rings. The van der Waals surface area contributed by atoms with E-state index < -0.39 is 47.0 Å². The van der Waals surface area contributed by atoms with Gasteiger partial charge in [-0.2, -0.15) is 5.26 Å². The van der Waals surface area contributed by atoms with Crippen LogP contribution in [0.25, 0.3) is 4.85 Å². The van der Waals surface area contributed by atoms with Gasteiger partial charge in [0.2, 0.25) is 0 Å². The average Bonchev–Trinajstić information content (AvgIpc) is 3.61. The molecule has 2 N–H and O–H groups in total. The summed E-state index contributed by atoms with van der Waals surface area (Å²) in [5.41, 5.74) is -1.05. The Hall–Kier alpha value is -3.04. The maximum Gasteiger partial charge on any atom is 0.348 e. The molecule has 2 unspecified atom stereocenters. The number of nitrogens with zero attached hydrogens (tertiary/aromatic N) is 2. The van der Waals surface area contributed by atoms with Gasteiger partial charge in [0.25, 0.3) is 5.70 Å². The molecule has 0 spiro atoms. The molecule has 2 aliphatic heterocycles. The van der Waals surface area contributed by atoms with Gasteiger partial charge in [0.15, 0.2) is 17.1 Å². The van der Waals surface area contributed by atoms with Crippen molar-refractivity contribution in [2.75, 3.05) is 0 Å². The van der Waals surface area contributed by atoms with Gasteiger partial charge in [0.1, 0.15) is 6.07 Å². The van der Waals surface area contributed by atoms with E-state index in [4.69, 9.17) is 16.0 Å². The average molecular weight is 677 g/mol. The molecule has 0 amide bonds. The van der Waals surface area contributed by atoms with Crippen LogP contribution in [0.2, 0.25) is 0 Å². The number of hydrogen-bond acceptors (Lipinski definition) is 11. The molecule has 1 aromatic carbocycles. The van der Waals surface area contributed by atoms with Crippen LogP contribution < -0.4 is 9.47 Å². The van der Waals surface area contributed by atoms with Crippen molar-refractivity contribution in [3.63, 3.8) is 0 Å². The third-order valence-electron chi connectivity index (χ3n) is 6.92. The lowest BCUT2D eigenvalue weighted by molar-refractivity contribution is -0.141.